The summed E-state index contributed by atoms with van der Waals surface area (Å²) in [6.45, 7) is 0.353. The monoisotopic (exact) mass is 360 g/mol. The van der Waals surface area contributed by atoms with Crippen molar-refractivity contribution in [2.24, 2.45) is 0 Å². The van der Waals surface area contributed by atoms with Crippen molar-refractivity contribution in [3.63, 3.8) is 0 Å². The van der Waals surface area contributed by atoms with E-state index in [0.717, 1.165) is 5.56 Å². The molecule has 0 spiro atoms. The van der Waals surface area contributed by atoms with Gasteiger partial charge in [-0.2, -0.15) is 0 Å². The Balaban J connectivity index is 2.03. The molecule has 1 heterocycles. The van der Waals surface area contributed by atoms with Crippen LogP contribution in [0.4, 0.5) is 0 Å². The summed E-state index contributed by atoms with van der Waals surface area (Å²) in [6.07, 6.45) is 1.74. The number of nitrogens with zero attached hydrogens (tertiary/aromatic N) is 1. The maximum atomic E-state index is 12.1. The van der Waals surface area contributed by atoms with Crippen LogP contribution in [-0.2, 0) is 6.42 Å². The third-order valence-corrected chi connectivity index (χ3v) is 3.71. The summed E-state index contributed by atoms with van der Waals surface area (Å²) < 4.78 is 16.0. The van der Waals surface area contributed by atoms with Gasteiger partial charge in [0, 0.05) is 18.3 Å². The molecule has 0 bridgehead atoms. The van der Waals surface area contributed by atoms with E-state index < -0.39 is 5.97 Å². The van der Waals surface area contributed by atoms with Crippen LogP contribution in [0.3, 0.4) is 0 Å². The van der Waals surface area contributed by atoms with Crippen LogP contribution >= 0.6 is 0 Å². The van der Waals surface area contributed by atoms with Gasteiger partial charge in [0.25, 0.3) is 5.91 Å². The molecule has 0 saturated carbocycles. The molecule has 0 saturated heterocycles. The minimum absolute atomic E-state index is 0.114. The second-order valence-corrected chi connectivity index (χ2v) is 5.24. The number of methoxy groups -OCH3 is 3. The number of carboxylic acid groups (broad SMARTS) is 1. The van der Waals surface area contributed by atoms with E-state index in [1.165, 1.54) is 32.5 Å². The van der Waals surface area contributed by atoms with E-state index in [9.17, 15) is 9.59 Å². The zero-order valence-electron chi connectivity index (χ0n) is 14.7. The highest BCUT2D eigenvalue weighted by Gasteiger charge is 2.16. The smallest absolute Gasteiger partial charge is 0.354 e. The van der Waals surface area contributed by atoms with Gasteiger partial charge in [-0.15, -0.1) is 0 Å². The van der Waals surface area contributed by atoms with Crippen LogP contribution in [-0.4, -0.2) is 49.8 Å². The molecular formula is C18H20N2O6. The molecule has 1 aromatic carbocycles. The van der Waals surface area contributed by atoms with Gasteiger partial charge in [0.1, 0.15) is 5.69 Å². The van der Waals surface area contributed by atoms with E-state index in [1.807, 2.05) is 6.07 Å². The van der Waals surface area contributed by atoms with Gasteiger partial charge in [0.2, 0.25) is 5.75 Å². The van der Waals surface area contributed by atoms with Crippen molar-refractivity contribution in [1.82, 2.24) is 10.3 Å². The molecule has 1 amide bonds. The predicted octanol–water partition coefficient (Wildman–Crippen LogP) is 1.78. The van der Waals surface area contributed by atoms with Crippen molar-refractivity contribution in [2.45, 2.75) is 6.42 Å². The zero-order chi connectivity index (χ0) is 19.1. The molecule has 1 aromatic heterocycles. The number of carbonyl (C=O) groups excluding carboxylic acids is 1. The Bertz CT molecular complexity index is 789. The number of nitrogens with one attached hydrogen (secondary N) is 1. The summed E-state index contributed by atoms with van der Waals surface area (Å²) in [5.41, 5.74) is 1.02. The first-order valence-corrected chi connectivity index (χ1v) is 7.77. The first-order valence-electron chi connectivity index (χ1n) is 7.77. The number of ether oxygens (including phenoxy) is 3. The lowest BCUT2D eigenvalue weighted by atomic mass is 10.1. The standard InChI is InChI=1S/C18H20N2O6/c1-24-14-7-5-11(15(25-2)16(14)26-3)8-9-19-17(21)12-4-6-13(18(22)23)20-10-12/h4-7,10H,8-9H2,1-3H3,(H,19,21)(H,22,23). The van der Waals surface area contributed by atoms with E-state index >= 15 is 0 Å². The molecule has 138 valence electrons. The van der Waals surface area contributed by atoms with Crippen LogP contribution in [0.25, 0.3) is 0 Å². The average Bonchev–Trinajstić information content (AvgIpc) is 2.67. The lowest BCUT2D eigenvalue weighted by Crippen LogP contribution is -2.26. The molecule has 0 fully saturated rings. The molecule has 0 atom stereocenters. The highest BCUT2D eigenvalue weighted by molar-refractivity contribution is 5.94. The van der Waals surface area contributed by atoms with Crippen LogP contribution in [0.5, 0.6) is 17.2 Å². The molecule has 2 rings (SSSR count). The largest absolute Gasteiger partial charge is 0.493 e. The molecule has 0 aliphatic rings. The van der Waals surface area contributed by atoms with Gasteiger partial charge in [0.05, 0.1) is 26.9 Å². The Labute approximate surface area is 150 Å². The van der Waals surface area contributed by atoms with Crippen molar-refractivity contribution in [1.29, 1.82) is 0 Å². The lowest BCUT2D eigenvalue weighted by molar-refractivity contribution is 0.0689. The summed E-state index contributed by atoms with van der Waals surface area (Å²) >= 11 is 0. The Morgan fingerprint density at radius 3 is 2.31 bits per heavy atom. The van der Waals surface area contributed by atoms with Crippen molar-refractivity contribution in [3.05, 3.63) is 47.3 Å². The third kappa shape index (κ3) is 4.21. The second-order valence-electron chi connectivity index (χ2n) is 5.24. The van der Waals surface area contributed by atoms with Gasteiger partial charge >= 0.3 is 5.97 Å². The molecule has 0 aliphatic heterocycles. The van der Waals surface area contributed by atoms with E-state index in [4.69, 9.17) is 19.3 Å². The van der Waals surface area contributed by atoms with Crippen LogP contribution in [0, 0.1) is 0 Å². The number of hydrogen-bond donors (Lipinski definition) is 2. The Hall–Kier alpha value is -3.29. The maximum Gasteiger partial charge on any atom is 0.354 e. The number of hydrogen-bond acceptors (Lipinski definition) is 6. The molecule has 0 unspecified atom stereocenters. The fraction of sp³-hybridized carbons (Fsp3) is 0.278. The fourth-order valence-corrected chi connectivity index (χ4v) is 2.43. The van der Waals surface area contributed by atoms with Crippen LogP contribution < -0.4 is 19.5 Å². The number of pyridine rings is 1. The van der Waals surface area contributed by atoms with Crippen molar-refractivity contribution < 1.29 is 28.9 Å². The topological polar surface area (TPSA) is 107 Å². The normalized spacial score (nSPS) is 10.1. The van der Waals surface area contributed by atoms with Crippen molar-refractivity contribution >= 4 is 11.9 Å². The summed E-state index contributed by atoms with van der Waals surface area (Å²) in [4.78, 5) is 26.6. The number of aromatic nitrogens is 1. The molecule has 2 N–H and O–H groups in total. The molecule has 8 nitrogen and oxygen atoms in total. The van der Waals surface area contributed by atoms with Gasteiger partial charge < -0.3 is 24.6 Å². The van der Waals surface area contributed by atoms with E-state index in [0.29, 0.717) is 30.2 Å². The molecule has 2 aromatic rings. The van der Waals surface area contributed by atoms with Gasteiger partial charge in [0.15, 0.2) is 11.5 Å². The van der Waals surface area contributed by atoms with E-state index in [1.54, 1.807) is 13.2 Å². The minimum Gasteiger partial charge on any atom is -0.493 e. The molecule has 26 heavy (non-hydrogen) atoms. The average molecular weight is 360 g/mol. The number of amides is 1. The zero-order valence-corrected chi connectivity index (χ0v) is 14.7. The molecule has 8 heteroatoms. The third-order valence-electron chi connectivity index (χ3n) is 3.71. The van der Waals surface area contributed by atoms with E-state index in [2.05, 4.69) is 10.3 Å². The van der Waals surface area contributed by atoms with Crippen molar-refractivity contribution in [2.75, 3.05) is 27.9 Å². The first kappa shape index (κ1) is 19.0. The molecule has 0 aliphatic carbocycles. The minimum atomic E-state index is -1.14. The predicted molar refractivity (Wildman–Crippen MR) is 93.3 cm³/mol. The van der Waals surface area contributed by atoms with E-state index in [-0.39, 0.29) is 17.2 Å². The summed E-state index contributed by atoms with van der Waals surface area (Å²) in [5.74, 6) is 0.119. The highest BCUT2D eigenvalue weighted by Crippen LogP contribution is 2.39. The molecular weight excluding hydrogens is 340 g/mol. The number of carbonyl (C=O) groups is 2. The van der Waals surface area contributed by atoms with Gasteiger partial charge in [-0.05, 0) is 24.6 Å². The number of rotatable bonds is 8. The number of carboxylic acids is 1. The maximum absolute atomic E-state index is 12.1. The quantitative estimate of drug-likeness (QED) is 0.739. The van der Waals surface area contributed by atoms with Crippen molar-refractivity contribution in [3.8, 4) is 17.2 Å². The van der Waals surface area contributed by atoms with Crippen LogP contribution in [0.1, 0.15) is 26.4 Å². The van der Waals surface area contributed by atoms with Crippen LogP contribution in [0.15, 0.2) is 30.5 Å². The Morgan fingerprint density at radius 1 is 1.04 bits per heavy atom. The Kier molecular flexibility index (Phi) is 6.37. The fourth-order valence-electron chi connectivity index (χ4n) is 2.43. The summed E-state index contributed by atoms with van der Waals surface area (Å²) in [6, 6.07) is 6.32. The van der Waals surface area contributed by atoms with Gasteiger partial charge in [-0.1, -0.05) is 6.07 Å². The number of benzene rings is 1. The lowest BCUT2D eigenvalue weighted by Gasteiger charge is -2.16. The van der Waals surface area contributed by atoms with Crippen LogP contribution in [0.2, 0.25) is 0 Å². The SMILES string of the molecule is COc1ccc(CCNC(=O)c2ccc(C(=O)O)nc2)c(OC)c1OC. The Morgan fingerprint density at radius 2 is 1.77 bits per heavy atom. The first-order chi connectivity index (χ1) is 12.5. The highest BCUT2D eigenvalue weighted by atomic mass is 16.5. The summed E-state index contributed by atoms with van der Waals surface area (Å²) in [5, 5.41) is 11.6. The van der Waals surface area contributed by atoms with Gasteiger partial charge in [-0.25, -0.2) is 9.78 Å². The number of aromatic carboxylic acids is 1. The van der Waals surface area contributed by atoms with Gasteiger partial charge in [-0.3, -0.25) is 4.79 Å². The summed E-state index contributed by atoms with van der Waals surface area (Å²) in [7, 11) is 4.61. The molecule has 0 radical (unpaired) electrons. The second kappa shape index (κ2) is 8.70.